The number of benzene rings is 2. The van der Waals surface area contributed by atoms with E-state index in [1.807, 2.05) is 31.1 Å². The first-order valence-corrected chi connectivity index (χ1v) is 7.36. The highest BCUT2D eigenvalue weighted by atomic mass is 79.9. The molecule has 1 amide bonds. The fourth-order valence-corrected chi connectivity index (χ4v) is 2.14. The van der Waals surface area contributed by atoms with Gasteiger partial charge in [0.1, 0.15) is 5.75 Å². The summed E-state index contributed by atoms with van der Waals surface area (Å²) in [5.41, 5.74) is 4.47. The number of halogens is 1. The standard InChI is InChI=1S/C16H16BrN3O2/c1-20(2)14-6-3-11(4-7-14)16(22)19-18-10-12-9-13(17)5-8-15(12)21/h3-10,21H,1-2H3,(H,19,22)/b18-10+. The molecule has 0 aliphatic carbocycles. The molecule has 2 rings (SSSR count). The van der Waals surface area contributed by atoms with Crippen LogP contribution in [0.3, 0.4) is 0 Å². The van der Waals surface area contributed by atoms with Crippen LogP contribution in [0.1, 0.15) is 15.9 Å². The molecule has 2 N–H and O–H groups in total. The number of hydrogen-bond donors (Lipinski definition) is 2. The van der Waals surface area contributed by atoms with E-state index >= 15 is 0 Å². The van der Waals surface area contributed by atoms with E-state index in [2.05, 4.69) is 26.5 Å². The van der Waals surface area contributed by atoms with Gasteiger partial charge in [-0.1, -0.05) is 15.9 Å². The SMILES string of the molecule is CN(C)c1ccc(C(=O)N/N=C/c2cc(Br)ccc2O)cc1. The van der Waals surface area contributed by atoms with Crippen molar-refractivity contribution in [2.24, 2.45) is 5.10 Å². The van der Waals surface area contributed by atoms with E-state index in [1.165, 1.54) is 6.21 Å². The lowest BCUT2D eigenvalue weighted by atomic mass is 10.2. The van der Waals surface area contributed by atoms with E-state index in [-0.39, 0.29) is 11.7 Å². The number of amides is 1. The van der Waals surface area contributed by atoms with Gasteiger partial charge in [-0.15, -0.1) is 0 Å². The van der Waals surface area contributed by atoms with Crippen molar-refractivity contribution in [2.75, 3.05) is 19.0 Å². The molecule has 0 radical (unpaired) electrons. The summed E-state index contributed by atoms with van der Waals surface area (Å²) < 4.78 is 0.817. The molecule has 2 aromatic carbocycles. The summed E-state index contributed by atoms with van der Waals surface area (Å²) in [5.74, 6) is -0.215. The van der Waals surface area contributed by atoms with Crippen molar-refractivity contribution in [1.82, 2.24) is 5.43 Å². The summed E-state index contributed by atoms with van der Waals surface area (Å²) in [6, 6.07) is 12.2. The Hall–Kier alpha value is -2.34. The zero-order valence-corrected chi connectivity index (χ0v) is 13.8. The number of aromatic hydroxyl groups is 1. The monoisotopic (exact) mass is 361 g/mol. The fraction of sp³-hybridized carbons (Fsp3) is 0.125. The van der Waals surface area contributed by atoms with E-state index in [4.69, 9.17) is 0 Å². The Bertz CT molecular complexity index is 697. The lowest BCUT2D eigenvalue weighted by molar-refractivity contribution is 0.0955. The van der Waals surface area contributed by atoms with Crippen molar-refractivity contribution in [3.8, 4) is 5.75 Å². The molecule has 0 bridgehead atoms. The maximum absolute atomic E-state index is 12.0. The predicted molar refractivity (Wildman–Crippen MR) is 91.6 cm³/mol. The van der Waals surface area contributed by atoms with Gasteiger partial charge in [-0.2, -0.15) is 5.10 Å². The van der Waals surface area contributed by atoms with Crippen LogP contribution in [-0.4, -0.2) is 31.3 Å². The molecule has 0 aromatic heterocycles. The molecule has 6 heteroatoms. The summed E-state index contributed by atoms with van der Waals surface area (Å²) in [7, 11) is 3.87. The predicted octanol–water partition coefficient (Wildman–Crippen LogP) is 2.98. The first-order valence-electron chi connectivity index (χ1n) is 6.56. The Balaban J connectivity index is 2.03. The topological polar surface area (TPSA) is 64.9 Å². The zero-order chi connectivity index (χ0) is 16.1. The first kappa shape index (κ1) is 16.0. The van der Waals surface area contributed by atoms with E-state index in [0.29, 0.717) is 11.1 Å². The van der Waals surface area contributed by atoms with Gasteiger partial charge in [0.05, 0.1) is 6.21 Å². The van der Waals surface area contributed by atoms with Crippen molar-refractivity contribution in [3.05, 3.63) is 58.1 Å². The number of rotatable bonds is 4. The second-order valence-electron chi connectivity index (χ2n) is 4.84. The Kier molecular flexibility index (Phi) is 5.16. The summed E-state index contributed by atoms with van der Waals surface area (Å²) >= 11 is 3.31. The molecule has 22 heavy (non-hydrogen) atoms. The molecular formula is C16H16BrN3O2. The van der Waals surface area contributed by atoms with Gasteiger partial charge in [0, 0.05) is 35.4 Å². The average Bonchev–Trinajstić information content (AvgIpc) is 2.50. The molecule has 5 nitrogen and oxygen atoms in total. The summed E-state index contributed by atoms with van der Waals surface area (Å²) in [6.45, 7) is 0. The average molecular weight is 362 g/mol. The largest absolute Gasteiger partial charge is 0.507 e. The molecule has 0 unspecified atom stereocenters. The Labute approximate surface area is 137 Å². The van der Waals surface area contributed by atoms with Gasteiger partial charge < -0.3 is 10.0 Å². The zero-order valence-electron chi connectivity index (χ0n) is 12.2. The van der Waals surface area contributed by atoms with Crippen LogP contribution in [-0.2, 0) is 0 Å². The molecular weight excluding hydrogens is 346 g/mol. The Morgan fingerprint density at radius 2 is 1.91 bits per heavy atom. The minimum atomic E-state index is -0.309. The van der Waals surface area contributed by atoms with Crippen LogP contribution in [0.15, 0.2) is 52.0 Å². The molecule has 0 atom stereocenters. The number of carbonyl (C=O) groups excluding carboxylic acids is 1. The number of hydrazone groups is 1. The van der Waals surface area contributed by atoms with E-state index in [0.717, 1.165) is 10.2 Å². The number of phenols is 1. The number of nitrogens with one attached hydrogen (secondary N) is 1. The van der Waals surface area contributed by atoms with E-state index < -0.39 is 0 Å². The summed E-state index contributed by atoms with van der Waals surface area (Å²) in [4.78, 5) is 13.9. The minimum Gasteiger partial charge on any atom is -0.507 e. The van der Waals surface area contributed by atoms with Crippen molar-refractivity contribution in [3.63, 3.8) is 0 Å². The van der Waals surface area contributed by atoms with Crippen molar-refractivity contribution >= 4 is 33.7 Å². The van der Waals surface area contributed by atoms with Crippen molar-refractivity contribution < 1.29 is 9.90 Å². The number of nitrogens with zero attached hydrogens (tertiary/aromatic N) is 2. The van der Waals surface area contributed by atoms with Crippen LogP contribution in [0, 0.1) is 0 Å². The van der Waals surface area contributed by atoms with Crippen LogP contribution in [0.25, 0.3) is 0 Å². The van der Waals surface area contributed by atoms with Crippen LogP contribution >= 0.6 is 15.9 Å². The highest BCUT2D eigenvalue weighted by Gasteiger charge is 2.05. The van der Waals surface area contributed by atoms with E-state index in [1.54, 1.807) is 30.3 Å². The van der Waals surface area contributed by atoms with Crippen LogP contribution < -0.4 is 10.3 Å². The molecule has 0 saturated heterocycles. The second-order valence-corrected chi connectivity index (χ2v) is 5.76. The van der Waals surface area contributed by atoms with Gasteiger partial charge in [0.25, 0.3) is 5.91 Å². The normalized spacial score (nSPS) is 10.7. The van der Waals surface area contributed by atoms with Crippen molar-refractivity contribution in [2.45, 2.75) is 0 Å². The van der Waals surface area contributed by atoms with E-state index in [9.17, 15) is 9.90 Å². The van der Waals surface area contributed by atoms with Gasteiger partial charge in [-0.3, -0.25) is 4.79 Å². The van der Waals surface area contributed by atoms with Gasteiger partial charge in [0.15, 0.2) is 0 Å². The van der Waals surface area contributed by atoms with Crippen LogP contribution in [0.4, 0.5) is 5.69 Å². The molecule has 2 aromatic rings. The number of phenolic OH excluding ortho intramolecular Hbond substituents is 1. The number of hydrogen-bond acceptors (Lipinski definition) is 4. The van der Waals surface area contributed by atoms with Gasteiger partial charge in [-0.05, 0) is 42.5 Å². The fourth-order valence-electron chi connectivity index (χ4n) is 1.76. The molecule has 0 aliphatic rings. The number of anilines is 1. The third-order valence-electron chi connectivity index (χ3n) is 3.01. The highest BCUT2D eigenvalue weighted by molar-refractivity contribution is 9.10. The lowest BCUT2D eigenvalue weighted by Crippen LogP contribution is -2.18. The molecule has 114 valence electrons. The summed E-state index contributed by atoms with van der Waals surface area (Å²) in [6.07, 6.45) is 1.40. The van der Waals surface area contributed by atoms with Gasteiger partial charge >= 0.3 is 0 Å². The lowest BCUT2D eigenvalue weighted by Gasteiger charge is -2.12. The first-order chi connectivity index (χ1) is 10.5. The molecule has 0 heterocycles. The number of carbonyl (C=O) groups is 1. The molecule has 0 fully saturated rings. The Morgan fingerprint density at radius 1 is 1.23 bits per heavy atom. The van der Waals surface area contributed by atoms with Gasteiger partial charge in [0.2, 0.25) is 0 Å². The smallest absolute Gasteiger partial charge is 0.271 e. The minimum absolute atomic E-state index is 0.0940. The maximum atomic E-state index is 12.0. The second kappa shape index (κ2) is 7.09. The maximum Gasteiger partial charge on any atom is 0.271 e. The van der Waals surface area contributed by atoms with Crippen LogP contribution in [0.5, 0.6) is 5.75 Å². The third-order valence-corrected chi connectivity index (χ3v) is 3.50. The Morgan fingerprint density at radius 3 is 2.55 bits per heavy atom. The quantitative estimate of drug-likeness (QED) is 0.649. The molecule has 0 spiro atoms. The molecule has 0 aliphatic heterocycles. The molecule has 0 saturated carbocycles. The third kappa shape index (κ3) is 4.08. The van der Waals surface area contributed by atoms with Crippen LogP contribution in [0.2, 0.25) is 0 Å². The van der Waals surface area contributed by atoms with Crippen molar-refractivity contribution in [1.29, 1.82) is 0 Å². The van der Waals surface area contributed by atoms with Gasteiger partial charge in [-0.25, -0.2) is 5.43 Å². The summed E-state index contributed by atoms with van der Waals surface area (Å²) in [5, 5.41) is 13.5. The highest BCUT2D eigenvalue weighted by Crippen LogP contribution is 2.20.